The topological polar surface area (TPSA) is 57.1 Å². The number of carbonyl (C=O) groups excluding carboxylic acids is 1. The van der Waals surface area contributed by atoms with Gasteiger partial charge in [-0.15, -0.1) is 0 Å². The van der Waals surface area contributed by atoms with Gasteiger partial charge in [-0.05, 0) is 59.6 Å². The van der Waals surface area contributed by atoms with Crippen LogP contribution in [0.2, 0.25) is 5.22 Å². The van der Waals surface area contributed by atoms with E-state index in [1.165, 1.54) is 53.2 Å². The monoisotopic (exact) mass is 408 g/mol. The first kappa shape index (κ1) is 18.7. The van der Waals surface area contributed by atoms with Gasteiger partial charge in [0.05, 0.1) is 5.69 Å². The predicted octanol–water partition coefficient (Wildman–Crippen LogP) is 5.05. The zero-order chi connectivity index (χ0) is 20.4. The van der Waals surface area contributed by atoms with Crippen molar-refractivity contribution in [1.82, 2.24) is 9.13 Å². The summed E-state index contributed by atoms with van der Waals surface area (Å²) in [5.74, 6) is -0.663. The quantitative estimate of drug-likeness (QED) is 0.444. The maximum Gasteiger partial charge on any atom is 0.340 e. The molecule has 0 saturated heterocycles. The van der Waals surface area contributed by atoms with Crippen LogP contribution in [-0.2, 0) is 0 Å². The second kappa shape index (κ2) is 7.77. The molecule has 0 radical (unpaired) electrons. The van der Waals surface area contributed by atoms with E-state index in [2.05, 4.69) is 0 Å². The molecule has 0 saturated carbocycles. The van der Waals surface area contributed by atoms with Gasteiger partial charge in [0.1, 0.15) is 11.5 Å². The van der Waals surface area contributed by atoms with Gasteiger partial charge in [0.15, 0.2) is 11.0 Å². The predicted molar refractivity (Wildman–Crippen MR) is 109 cm³/mol. The molecular weight excluding hydrogens is 395 g/mol. The van der Waals surface area contributed by atoms with E-state index < -0.39 is 11.6 Å². The number of halogens is 2. The minimum atomic E-state index is -0.573. The lowest BCUT2D eigenvalue weighted by Gasteiger charge is -2.01. The first-order valence-corrected chi connectivity index (χ1v) is 9.04. The number of allylic oxidation sites excluding steroid dienone is 1. The molecule has 0 aliphatic rings. The van der Waals surface area contributed by atoms with Gasteiger partial charge in [-0.1, -0.05) is 30.3 Å². The van der Waals surface area contributed by atoms with Crippen LogP contribution in [0, 0.1) is 5.82 Å². The maximum absolute atomic E-state index is 13.0. The number of nitrogens with zero attached hydrogens (tertiary/aromatic N) is 2. The lowest BCUT2D eigenvalue weighted by Crippen LogP contribution is -2.27. The summed E-state index contributed by atoms with van der Waals surface area (Å²) in [6.07, 6.45) is 4.28. The molecule has 2 aromatic carbocycles. The Bertz CT molecular complexity index is 1250. The summed E-state index contributed by atoms with van der Waals surface area (Å²) < 4.78 is 20.8. The number of furan rings is 1. The number of hydrogen-bond donors (Lipinski definition) is 0. The number of imidazole rings is 1. The van der Waals surface area contributed by atoms with Gasteiger partial charge < -0.3 is 4.42 Å². The molecule has 0 fully saturated rings. The van der Waals surface area contributed by atoms with E-state index in [0.29, 0.717) is 11.3 Å². The second-order valence-corrected chi connectivity index (χ2v) is 6.54. The Morgan fingerprint density at radius 1 is 1.00 bits per heavy atom. The lowest BCUT2D eigenvalue weighted by molar-refractivity contribution is 0.0967. The van der Waals surface area contributed by atoms with Crippen molar-refractivity contribution in [2.75, 3.05) is 0 Å². The highest BCUT2D eigenvalue weighted by molar-refractivity contribution is 6.29. The summed E-state index contributed by atoms with van der Waals surface area (Å²) >= 11 is 5.87. The highest BCUT2D eigenvalue weighted by atomic mass is 35.5. The average molecular weight is 409 g/mol. The fraction of sp³-hybridized carbons (Fsp3) is 0. The molecule has 144 valence electrons. The number of benzene rings is 2. The summed E-state index contributed by atoms with van der Waals surface area (Å²) in [6, 6.07) is 17.7. The molecule has 2 aromatic heterocycles. The molecule has 0 bridgehead atoms. The zero-order valence-electron chi connectivity index (χ0n) is 15.0. The first-order chi connectivity index (χ1) is 14.0. The third-order valence-electron chi connectivity index (χ3n) is 4.26. The zero-order valence-corrected chi connectivity index (χ0v) is 15.7. The van der Waals surface area contributed by atoms with Crippen LogP contribution in [-0.4, -0.2) is 15.0 Å². The van der Waals surface area contributed by atoms with Gasteiger partial charge in [0.25, 0.3) is 5.91 Å². The number of hydrogen-bond acceptors (Lipinski definition) is 3. The van der Waals surface area contributed by atoms with Gasteiger partial charge >= 0.3 is 5.69 Å². The fourth-order valence-corrected chi connectivity index (χ4v) is 3.02. The summed E-state index contributed by atoms with van der Waals surface area (Å²) in [7, 11) is 0. The molecule has 29 heavy (non-hydrogen) atoms. The summed E-state index contributed by atoms with van der Waals surface area (Å²) in [4.78, 5) is 25.9. The molecule has 4 aromatic rings. The van der Waals surface area contributed by atoms with Crippen LogP contribution >= 0.6 is 11.6 Å². The average Bonchev–Trinajstić information content (AvgIpc) is 3.31. The standard InChI is InChI=1S/C22H14ClFN2O3/c23-20-12-11-19(29-20)18-14-25(17-4-2-1-3-5-17)22(28)26(18)21(27)13-8-15-6-9-16(24)10-7-15/h1-14H. The lowest BCUT2D eigenvalue weighted by atomic mass is 10.2. The van der Waals surface area contributed by atoms with Crippen LogP contribution in [0.1, 0.15) is 10.4 Å². The van der Waals surface area contributed by atoms with E-state index >= 15 is 0 Å². The Kier molecular flexibility index (Phi) is 5.01. The van der Waals surface area contributed by atoms with Gasteiger partial charge in [-0.25, -0.2) is 13.8 Å². The Labute approximate surface area is 169 Å². The molecule has 2 heterocycles. The van der Waals surface area contributed by atoms with Gasteiger partial charge in [0.2, 0.25) is 0 Å². The van der Waals surface area contributed by atoms with E-state index in [1.807, 2.05) is 6.07 Å². The molecule has 0 amide bonds. The van der Waals surface area contributed by atoms with Crippen LogP contribution in [0.3, 0.4) is 0 Å². The van der Waals surface area contributed by atoms with Crippen LogP contribution in [0.4, 0.5) is 4.39 Å². The highest BCUT2D eigenvalue weighted by Gasteiger charge is 2.20. The van der Waals surface area contributed by atoms with Crippen molar-refractivity contribution in [2.45, 2.75) is 0 Å². The van der Waals surface area contributed by atoms with Crippen molar-refractivity contribution in [1.29, 1.82) is 0 Å². The first-order valence-electron chi connectivity index (χ1n) is 8.66. The van der Waals surface area contributed by atoms with Gasteiger partial charge in [-0.3, -0.25) is 9.36 Å². The Balaban J connectivity index is 1.80. The molecule has 0 aliphatic carbocycles. The third kappa shape index (κ3) is 3.83. The number of para-hydroxylation sites is 1. The van der Waals surface area contributed by atoms with Gasteiger partial charge in [-0.2, -0.15) is 0 Å². The minimum Gasteiger partial charge on any atom is -0.443 e. The van der Waals surface area contributed by atoms with Crippen molar-refractivity contribution in [3.05, 3.63) is 106 Å². The SMILES string of the molecule is O=C(C=Cc1ccc(F)cc1)n1c(-c2ccc(Cl)o2)cn(-c2ccccc2)c1=O. The van der Waals surface area contributed by atoms with E-state index in [9.17, 15) is 14.0 Å². The third-order valence-corrected chi connectivity index (χ3v) is 4.46. The largest absolute Gasteiger partial charge is 0.443 e. The van der Waals surface area contributed by atoms with Crippen LogP contribution in [0.5, 0.6) is 0 Å². The van der Waals surface area contributed by atoms with Crippen molar-refractivity contribution >= 4 is 23.6 Å². The van der Waals surface area contributed by atoms with Crippen LogP contribution < -0.4 is 5.69 Å². The number of carbonyl (C=O) groups is 1. The molecule has 5 nitrogen and oxygen atoms in total. The minimum absolute atomic E-state index is 0.140. The summed E-state index contributed by atoms with van der Waals surface area (Å²) in [6.45, 7) is 0. The van der Waals surface area contributed by atoms with Crippen molar-refractivity contribution in [2.24, 2.45) is 0 Å². The van der Waals surface area contributed by atoms with Crippen molar-refractivity contribution in [3.8, 4) is 17.1 Å². The van der Waals surface area contributed by atoms with E-state index in [-0.39, 0.29) is 22.5 Å². The molecule has 7 heteroatoms. The normalized spacial score (nSPS) is 11.2. The molecular formula is C22H14ClFN2O3. The van der Waals surface area contributed by atoms with Crippen LogP contribution in [0.15, 0.2) is 88.2 Å². The molecule has 0 aliphatic heterocycles. The fourth-order valence-electron chi connectivity index (χ4n) is 2.87. The molecule has 4 rings (SSSR count). The van der Waals surface area contributed by atoms with E-state index in [1.54, 1.807) is 30.3 Å². The smallest absolute Gasteiger partial charge is 0.340 e. The molecule has 0 N–H and O–H groups in total. The number of aromatic nitrogens is 2. The van der Waals surface area contributed by atoms with E-state index in [0.717, 1.165) is 4.57 Å². The van der Waals surface area contributed by atoms with Crippen molar-refractivity contribution in [3.63, 3.8) is 0 Å². The number of rotatable bonds is 4. The molecule has 0 spiro atoms. The van der Waals surface area contributed by atoms with Crippen molar-refractivity contribution < 1.29 is 13.6 Å². The second-order valence-electron chi connectivity index (χ2n) is 6.16. The highest BCUT2D eigenvalue weighted by Crippen LogP contribution is 2.25. The Hall–Kier alpha value is -3.64. The van der Waals surface area contributed by atoms with E-state index in [4.69, 9.17) is 16.0 Å². The summed E-state index contributed by atoms with van der Waals surface area (Å²) in [5.41, 5.74) is 0.940. The maximum atomic E-state index is 13.0. The Morgan fingerprint density at radius 2 is 1.72 bits per heavy atom. The summed E-state index contributed by atoms with van der Waals surface area (Å²) in [5, 5.41) is 0.140. The molecule has 0 atom stereocenters. The van der Waals surface area contributed by atoms with Gasteiger partial charge in [0, 0.05) is 12.3 Å². The van der Waals surface area contributed by atoms with Crippen LogP contribution in [0.25, 0.3) is 23.2 Å². The Morgan fingerprint density at radius 3 is 2.38 bits per heavy atom. The molecule has 0 unspecified atom stereocenters.